The van der Waals surface area contributed by atoms with Crippen molar-refractivity contribution in [3.8, 4) is 0 Å². The second-order valence-corrected chi connectivity index (χ2v) is 5.38. The highest BCUT2D eigenvalue weighted by Gasteiger charge is 2.47. The summed E-state index contributed by atoms with van der Waals surface area (Å²) in [5.74, 6) is -0.800. The maximum absolute atomic E-state index is 10.5. The Hall–Kier alpha value is -0.980. The van der Waals surface area contributed by atoms with Crippen LogP contribution in [0.1, 0.15) is 25.5 Å². The number of aliphatic hydroxyl groups is 2. The molecule has 0 bridgehead atoms. The molecule has 20 heavy (non-hydrogen) atoms. The van der Waals surface area contributed by atoms with E-state index in [1.54, 1.807) is 13.8 Å². The molecule has 0 aromatic heterocycles. The van der Waals surface area contributed by atoms with Crippen molar-refractivity contribution in [2.75, 3.05) is 13.7 Å². The molecule has 1 aliphatic rings. The first-order chi connectivity index (χ1) is 9.48. The fourth-order valence-electron chi connectivity index (χ4n) is 2.57. The van der Waals surface area contributed by atoms with E-state index in [4.69, 9.17) is 14.2 Å². The highest BCUT2D eigenvalue weighted by Crippen LogP contribution is 2.34. The number of hydrogen-bond acceptors (Lipinski definition) is 5. The van der Waals surface area contributed by atoms with Gasteiger partial charge in [-0.1, -0.05) is 30.3 Å². The van der Waals surface area contributed by atoms with Crippen LogP contribution in [0.5, 0.6) is 0 Å². The van der Waals surface area contributed by atoms with Crippen molar-refractivity contribution in [1.82, 2.24) is 0 Å². The van der Waals surface area contributed by atoms with Crippen molar-refractivity contribution in [1.29, 1.82) is 0 Å². The van der Waals surface area contributed by atoms with Crippen LogP contribution in [0, 0.1) is 0 Å². The van der Waals surface area contributed by atoms with Gasteiger partial charge in [0.1, 0.15) is 24.4 Å². The molecule has 1 saturated heterocycles. The predicted octanol–water partition coefficient (Wildman–Crippen LogP) is 1.25. The van der Waals surface area contributed by atoms with Gasteiger partial charge in [-0.3, -0.25) is 0 Å². The molecule has 0 unspecified atom stereocenters. The van der Waals surface area contributed by atoms with Gasteiger partial charge in [0.2, 0.25) is 0 Å². The predicted molar refractivity (Wildman–Crippen MR) is 73.1 cm³/mol. The van der Waals surface area contributed by atoms with Crippen LogP contribution < -0.4 is 0 Å². The first kappa shape index (κ1) is 15.4. The number of methoxy groups -OCH3 is 1. The molecule has 5 heteroatoms. The first-order valence-corrected chi connectivity index (χ1v) is 6.71. The van der Waals surface area contributed by atoms with Crippen LogP contribution in [0.4, 0.5) is 0 Å². The van der Waals surface area contributed by atoms with Gasteiger partial charge in [-0.15, -0.1) is 0 Å². The van der Waals surface area contributed by atoms with Gasteiger partial charge in [0.15, 0.2) is 5.79 Å². The highest BCUT2D eigenvalue weighted by molar-refractivity contribution is 5.19. The fraction of sp³-hybridized carbons (Fsp3) is 0.600. The standard InChI is InChI=1S/C15H22O5/c1-15(2)19-11(9-16)13(20-15)14(18-3)12(17)10-7-5-4-6-8-10/h4-8,11-14,16-17H,9H2,1-3H3/t11-,12-,13-,14-/m0/s1. The first-order valence-electron chi connectivity index (χ1n) is 6.71. The Labute approximate surface area is 119 Å². The molecule has 1 fully saturated rings. The third-order valence-corrected chi connectivity index (χ3v) is 3.45. The number of benzene rings is 1. The van der Waals surface area contributed by atoms with Gasteiger partial charge >= 0.3 is 0 Å². The monoisotopic (exact) mass is 282 g/mol. The lowest BCUT2D eigenvalue weighted by Gasteiger charge is -2.29. The maximum atomic E-state index is 10.5. The molecule has 0 spiro atoms. The summed E-state index contributed by atoms with van der Waals surface area (Å²) >= 11 is 0. The molecule has 5 nitrogen and oxygen atoms in total. The molecule has 4 atom stereocenters. The minimum atomic E-state index is -0.849. The van der Waals surface area contributed by atoms with E-state index in [-0.39, 0.29) is 6.61 Å². The Bertz CT molecular complexity index is 420. The molecule has 1 aromatic carbocycles. The normalized spacial score (nSPS) is 28.2. The van der Waals surface area contributed by atoms with Gasteiger partial charge in [-0.25, -0.2) is 0 Å². The van der Waals surface area contributed by atoms with Crippen LogP contribution in [0.2, 0.25) is 0 Å². The zero-order valence-electron chi connectivity index (χ0n) is 12.0. The molecule has 2 rings (SSSR count). The molecular formula is C15H22O5. The SMILES string of the molecule is CO[C@H]([C@H]1OC(C)(C)O[C@H]1CO)[C@@H](O)c1ccccc1. The summed E-state index contributed by atoms with van der Waals surface area (Å²) in [7, 11) is 1.51. The average Bonchev–Trinajstić information content (AvgIpc) is 2.75. The van der Waals surface area contributed by atoms with Crippen LogP contribution in [0.15, 0.2) is 30.3 Å². The Morgan fingerprint density at radius 1 is 1.25 bits per heavy atom. The third-order valence-electron chi connectivity index (χ3n) is 3.45. The van der Waals surface area contributed by atoms with Crippen molar-refractivity contribution in [2.45, 2.75) is 44.1 Å². The van der Waals surface area contributed by atoms with Gasteiger partial charge in [0, 0.05) is 7.11 Å². The van der Waals surface area contributed by atoms with Crippen molar-refractivity contribution in [2.24, 2.45) is 0 Å². The van der Waals surface area contributed by atoms with E-state index in [9.17, 15) is 10.2 Å². The highest BCUT2D eigenvalue weighted by atomic mass is 16.8. The molecule has 0 radical (unpaired) electrons. The average molecular weight is 282 g/mol. The molecule has 0 amide bonds. The summed E-state index contributed by atoms with van der Waals surface area (Å²) in [5, 5.41) is 19.9. The summed E-state index contributed by atoms with van der Waals surface area (Å²) in [4.78, 5) is 0. The van der Waals surface area contributed by atoms with E-state index in [0.29, 0.717) is 0 Å². The Kier molecular flexibility index (Phi) is 4.78. The quantitative estimate of drug-likeness (QED) is 0.850. The van der Waals surface area contributed by atoms with Gasteiger partial charge in [0.05, 0.1) is 6.61 Å². The molecule has 1 aliphatic heterocycles. The van der Waals surface area contributed by atoms with Gasteiger partial charge in [0.25, 0.3) is 0 Å². The van der Waals surface area contributed by atoms with Crippen LogP contribution in [0.25, 0.3) is 0 Å². The largest absolute Gasteiger partial charge is 0.394 e. The van der Waals surface area contributed by atoms with Gasteiger partial charge in [-0.2, -0.15) is 0 Å². The Balaban J connectivity index is 2.19. The molecule has 112 valence electrons. The van der Waals surface area contributed by atoms with Crippen molar-refractivity contribution in [3.05, 3.63) is 35.9 Å². The summed E-state index contributed by atoms with van der Waals surface area (Å²) < 4.78 is 16.8. The van der Waals surface area contributed by atoms with Crippen LogP contribution in [0.3, 0.4) is 0 Å². The summed E-state index contributed by atoms with van der Waals surface area (Å²) in [5.41, 5.74) is 0.740. The van der Waals surface area contributed by atoms with Gasteiger partial charge in [-0.05, 0) is 19.4 Å². The number of aliphatic hydroxyl groups excluding tert-OH is 2. The minimum absolute atomic E-state index is 0.185. The molecule has 0 aliphatic carbocycles. The van der Waals surface area contributed by atoms with Crippen LogP contribution in [-0.4, -0.2) is 48.0 Å². The van der Waals surface area contributed by atoms with E-state index >= 15 is 0 Å². The van der Waals surface area contributed by atoms with E-state index in [1.165, 1.54) is 7.11 Å². The van der Waals surface area contributed by atoms with E-state index in [1.807, 2.05) is 30.3 Å². The van der Waals surface area contributed by atoms with Crippen molar-refractivity contribution < 1.29 is 24.4 Å². The van der Waals surface area contributed by atoms with Crippen LogP contribution in [-0.2, 0) is 14.2 Å². The minimum Gasteiger partial charge on any atom is -0.394 e. The molecule has 1 heterocycles. The maximum Gasteiger partial charge on any atom is 0.164 e. The zero-order chi connectivity index (χ0) is 14.8. The number of rotatable bonds is 5. The van der Waals surface area contributed by atoms with E-state index < -0.39 is 30.2 Å². The zero-order valence-corrected chi connectivity index (χ0v) is 12.0. The Morgan fingerprint density at radius 2 is 1.90 bits per heavy atom. The lowest BCUT2D eigenvalue weighted by Crippen LogP contribution is -2.42. The van der Waals surface area contributed by atoms with E-state index in [2.05, 4.69) is 0 Å². The topological polar surface area (TPSA) is 68.2 Å². The van der Waals surface area contributed by atoms with Crippen LogP contribution >= 0.6 is 0 Å². The van der Waals surface area contributed by atoms with Crippen molar-refractivity contribution >= 4 is 0 Å². The second kappa shape index (κ2) is 6.20. The molecule has 2 N–H and O–H groups in total. The fourth-order valence-corrected chi connectivity index (χ4v) is 2.57. The number of ether oxygens (including phenoxy) is 3. The Morgan fingerprint density at radius 3 is 2.45 bits per heavy atom. The van der Waals surface area contributed by atoms with E-state index in [0.717, 1.165) is 5.56 Å². The third kappa shape index (κ3) is 3.19. The summed E-state index contributed by atoms with van der Waals surface area (Å²) in [6.45, 7) is 3.37. The van der Waals surface area contributed by atoms with Gasteiger partial charge < -0.3 is 24.4 Å². The molecule has 0 saturated carbocycles. The molecule has 1 aromatic rings. The lowest BCUT2D eigenvalue weighted by atomic mass is 9.97. The lowest BCUT2D eigenvalue weighted by molar-refractivity contribution is -0.167. The smallest absolute Gasteiger partial charge is 0.164 e. The summed E-state index contributed by atoms with van der Waals surface area (Å²) in [6, 6.07) is 9.24. The summed E-state index contributed by atoms with van der Waals surface area (Å²) in [6.07, 6.45) is -2.52. The number of hydrogen-bond donors (Lipinski definition) is 2. The molecular weight excluding hydrogens is 260 g/mol. The van der Waals surface area contributed by atoms with Crippen molar-refractivity contribution in [3.63, 3.8) is 0 Å². The second-order valence-electron chi connectivity index (χ2n) is 5.38.